The van der Waals surface area contributed by atoms with E-state index in [0.29, 0.717) is 0 Å². The van der Waals surface area contributed by atoms with Crippen LogP contribution in [-0.2, 0) is 0 Å². The summed E-state index contributed by atoms with van der Waals surface area (Å²) in [7, 11) is 0. The Balaban J connectivity index is 2.86. The number of hydrogen-bond donors (Lipinski definition) is 0. The highest BCUT2D eigenvalue weighted by Crippen LogP contribution is 2.32. The number of halogens is 3. The van der Waals surface area contributed by atoms with Crippen molar-refractivity contribution in [1.29, 1.82) is 0 Å². The predicted octanol–water partition coefficient (Wildman–Crippen LogP) is 3.17. The fourth-order valence-corrected chi connectivity index (χ4v) is 0.957. The van der Waals surface area contributed by atoms with Crippen molar-refractivity contribution in [2.24, 2.45) is 0 Å². The average Bonchev–Trinajstić information content (AvgIpc) is 2.05. The van der Waals surface area contributed by atoms with Gasteiger partial charge in [-0.15, -0.1) is 13.2 Å². The SMILES string of the molecule is CC(C)Oc1cc[c]cc1OC(F)(F)F. The standard InChI is InChI=1S/C10H10F3O2/c1-7(2)14-8-5-3-4-6-9(8)15-10(11,12)13/h3,5-7H,1-2H3. The normalized spacial score (nSPS) is 11.6. The Bertz CT molecular complexity index is 321. The Morgan fingerprint density at radius 2 is 1.93 bits per heavy atom. The molecule has 0 saturated heterocycles. The van der Waals surface area contributed by atoms with E-state index in [2.05, 4.69) is 10.8 Å². The molecule has 0 fully saturated rings. The van der Waals surface area contributed by atoms with Crippen LogP contribution in [-0.4, -0.2) is 12.5 Å². The van der Waals surface area contributed by atoms with Gasteiger partial charge < -0.3 is 9.47 Å². The summed E-state index contributed by atoms with van der Waals surface area (Å²) in [4.78, 5) is 0. The lowest BCUT2D eigenvalue weighted by molar-refractivity contribution is -0.275. The topological polar surface area (TPSA) is 18.5 Å². The fraction of sp³-hybridized carbons (Fsp3) is 0.400. The second-order valence-corrected chi connectivity index (χ2v) is 3.09. The average molecular weight is 219 g/mol. The summed E-state index contributed by atoms with van der Waals surface area (Å²) >= 11 is 0. The lowest BCUT2D eigenvalue weighted by atomic mass is 10.3. The fourth-order valence-electron chi connectivity index (χ4n) is 0.957. The lowest BCUT2D eigenvalue weighted by Crippen LogP contribution is -2.18. The molecular weight excluding hydrogens is 209 g/mol. The molecule has 1 radical (unpaired) electrons. The predicted molar refractivity (Wildman–Crippen MR) is 47.7 cm³/mol. The van der Waals surface area contributed by atoms with Gasteiger partial charge in [0.15, 0.2) is 11.5 Å². The highest BCUT2D eigenvalue weighted by atomic mass is 19.4. The van der Waals surface area contributed by atoms with Crippen LogP contribution in [0, 0.1) is 6.07 Å². The van der Waals surface area contributed by atoms with Gasteiger partial charge >= 0.3 is 6.36 Å². The van der Waals surface area contributed by atoms with Gasteiger partial charge in [-0.3, -0.25) is 0 Å². The smallest absolute Gasteiger partial charge is 0.487 e. The largest absolute Gasteiger partial charge is 0.573 e. The van der Waals surface area contributed by atoms with Gasteiger partial charge in [0, 0.05) is 0 Å². The van der Waals surface area contributed by atoms with Gasteiger partial charge in [0.25, 0.3) is 0 Å². The number of ether oxygens (including phenoxy) is 2. The molecule has 0 bridgehead atoms. The summed E-state index contributed by atoms with van der Waals surface area (Å²) in [5, 5.41) is 0. The van der Waals surface area contributed by atoms with E-state index in [-0.39, 0.29) is 17.6 Å². The molecule has 0 aromatic heterocycles. The number of rotatable bonds is 3. The minimum absolute atomic E-state index is 0.0566. The summed E-state index contributed by atoms with van der Waals surface area (Å²) < 4.78 is 44.8. The van der Waals surface area contributed by atoms with Gasteiger partial charge in [0.05, 0.1) is 6.10 Å². The third-order valence-corrected chi connectivity index (χ3v) is 1.38. The quantitative estimate of drug-likeness (QED) is 0.777. The Hall–Kier alpha value is -1.39. The third kappa shape index (κ3) is 4.10. The first-order valence-electron chi connectivity index (χ1n) is 4.31. The molecule has 0 amide bonds. The van der Waals surface area contributed by atoms with Gasteiger partial charge in [0.2, 0.25) is 0 Å². The molecule has 0 aliphatic rings. The molecule has 1 aromatic carbocycles. The molecule has 0 heterocycles. The second kappa shape index (κ2) is 4.42. The van der Waals surface area contributed by atoms with Crippen LogP contribution < -0.4 is 9.47 Å². The molecule has 83 valence electrons. The molecule has 1 rings (SSSR count). The first-order chi connectivity index (χ1) is 6.88. The zero-order valence-electron chi connectivity index (χ0n) is 8.26. The van der Waals surface area contributed by atoms with Crippen molar-refractivity contribution in [2.75, 3.05) is 0 Å². The highest BCUT2D eigenvalue weighted by Gasteiger charge is 2.32. The van der Waals surface area contributed by atoms with E-state index in [4.69, 9.17) is 4.74 Å². The molecule has 15 heavy (non-hydrogen) atoms. The molecule has 5 heteroatoms. The van der Waals surface area contributed by atoms with Crippen LogP contribution in [0.1, 0.15) is 13.8 Å². The number of hydrogen-bond acceptors (Lipinski definition) is 2. The second-order valence-electron chi connectivity index (χ2n) is 3.09. The number of benzene rings is 1. The van der Waals surface area contributed by atoms with Crippen LogP contribution in [0.15, 0.2) is 18.2 Å². The van der Waals surface area contributed by atoms with E-state index in [0.717, 1.165) is 6.07 Å². The highest BCUT2D eigenvalue weighted by molar-refractivity contribution is 5.39. The minimum Gasteiger partial charge on any atom is -0.487 e. The molecule has 0 N–H and O–H groups in total. The maximum Gasteiger partial charge on any atom is 0.573 e. The summed E-state index contributed by atoms with van der Waals surface area (Å²) in [6.45, 7) is 3.43. The van der Waals surface area contributed by atoms with E-state index in [1.807, 2.05) is 0 Å². The summed E-state index contributed by atoms with van der Waals surface area (Å²) in [6, 6.07) is 6.42. The van der Waals surface area contributed by atoms with Crippen LogP contribution in [0.2, 0.25) is 0 Å². The molecule has 0 aliphatic carbocycles. The molecule has 1 aromatic rings. The Labute approximate surface area is 85.6 Å². The maximum absolute atomic E-state index is 12.0. The Kier molecular flexibility index (Phi) is 3.44. The van der Waals surface area contributed by atoms with E-state index >= 15 is 0 Å². The molecule has 0 atom stereocenters. The van der Waals surface area contributed by atoms with E-state index in [1.165, 1.54) is 12.1 Å². The monoisotopic (exact) mass is 219 g/mol. The molecular formula is C10H10F3O2. The van der Waals surface area contributed by atoms with Gasteiger partial charge in [-0.25, -0.2) is 0 Å². The zero-order valence-corrected chi connectivity index (χ0v) is 8.26. The van der Waals surface area contributed by atoms with Gasteiger partial charge in [0.1, 0.15) is 0 Å². The van der Waals surface area contributed by atoms with E-state index in [1.54, 1.807) is 13.8 Å². The van der Waals surface area contributed by atoms with Crippen molar-refractivity contribution >= 4 is 0 Å². The van der Waals surface area contributed by atoms with Crippen LogP contribution in [0.4, 0.5) is 13.2 Å². The van der Waals surface area contributed by atoms with Gasteiger partial charge in [-0.2, -0.15) is 0 Å². The third-order valence-electron chi connectivity index (χ3n) is 1.38. The molecule has 0 saturated carbocycles. The molecule has 2 nitrogen and oxygen atoms in total. The van der Waals surface area contributed by atoms with Crippen molar-refractivity contribution in [3.8, 4) is 11.5 Å². The van der Waals surface area contributed by atoms with Crippen molar-refractivity contribution < 1.29 is 22.6 Å². The van der Waals surface area contributed by atoms with Crippen LogP contribution >= 0.6 is 0 Å². The van der Waals surface area contributed by atoms with Crippen LogP contribution in [0.5, 0.6) is 11.5 Å². The summed E-state index contributed by atoms with van der Waals surface area (Å²) in [5.41, 5.74) is 0. The van der Waals surface area contributed by atoms with E-state index in [9.17, 15) is 13.2 Å². The summed E-state index contributed by atoms with van der Waals surface area (Å²) in [5.74, 6) is -0.320. The van der Waals surface area contributed by atoms with Crippen molar-refractivity contribution in [3.05, 3.63) is 24.3 Å². The van der Waals surface area contributed by atoms with Crippen molar-refractivity contribution in [2.45, 2.75) is 26.3 Å². The molecule has 0 aliphatic heterocycles. The first kappa shape index (κ1) is 11.7. The van der Waals surface area contributed by atoms with Crippen LogP contribution in [0.25, 0.3) is 0 Å². The van der Waals surface area contributed by atoms with Gasteiger partial charge in [-0.1, -0.05) is 6.07 Å². The van der Waals surface area contributed by atoms with Crippen molar-refractivity contribution in [1.82, 2.24) is 0 Å². The molecule has 0 spiro atoms. The summed E-state index contributed by atoms with van der Waals surface area (Å²) in [6.07, 6.45) is -4.94. The number of alkyl halides is 3. The lowest BCUT2D eigenvalue weighted by Gasteiger charge is -2.15. The van der Waals surface area contributed by atoms with Crippen LogP contribution in [0.3, 0.4) is 0 Å². The Morgan fingerprint density at radius 1 is 1.27 bits per heavy atom. The van der Waals surface area contributed by atoms with Gasteiger partial charge in [-0.05, 0) is 32.0 Å². The minimum atomic E-state index is -4.72. The molecule has 0 unspecified atom stereocenters. The zero-order chi connectivity index (χ0) is 11.5. The Morgan fingerprint density at radius 3 is 2.47 bits per heavy atom. The van der Waals surface area contributed by atoms with E-state index < -0.39 is 6.36 Å². The maximum atomic E-state index is 12.0. The first-order valence-corrected chi connectivity index (χ1v) is 4.31. The van der Waals surface area contributed by atoms with Crippen molar-refractivity contribution in [3.63, 3.8) is 0 Å².